The van der Waals surface area contributed by atoms with Gasteiger partial charge in [-0.05, 0) is 23.3 Å². The van der Waals surface area contributed by atoms with E-state index in [1.54, 1.807) is 24.3 Å². The third-order valence-electron chi connectivity index (χ3n) is 1.76. The van der Waals surface area contributed by atoms with Gasteiger partial charge in [0.05, 0.1) is 40.1 Å². The van der Waals surface area contributed by atoms with Crippen LogP contribution in [0.5, 0.6) is 0 Å². The average Bonchev–Trinajstić information content (AvgIpc) is 2.45. The van der Waals surface area contributed by atoms with Gasteiger partial charge in [-0.25, -0.2) is 0 Å². The number of carbonyl (C=O) groups excluding carboxylic acids is 2. The molecule has 1 aromatic carbocycles. The van der Waals surface area contributed by atoms with E-state index in [0.29, 0.717) is 11.1 Å². The van der Waals surface area contributed by atoms with Crippen LogP contribution in [0.1, 0.15) is 11.1 Å². The molecule has 6 heteroatoms. The topological polar surface area (TPSA) is 113 Å². The van der Waals surface area contributed by atoms with Crippen LogP contribution >= 0.6 is 0 Å². The van der Waals surface area contributed by atoms with Gasteiger partial charge in [0.2, 0.25) is 0 Å². The zero-order chi connectivity index (χ0) is 17.4. The highest BCUT2D eigenvalue weighted by atomic mass is 16.4. The van der Waals surface area contributed by atoms with Crippen molar-refractivity contribution >= 4 is 24.1 Å². The number of hydrogen-bond acceptors (Lipinski definition) is 4. The van der Waals surface area contributed by atoms with Crippen LogP contribution in [0.3, 0.4) is 0 Å². The van der Waals surface area contributed by atoms with Crippen molar-refractivity contribution in [3.05, 3.63) is 47.5 Å². The van der Waals surface area contributed by atoms with Gasteiger partial charge in [0.1, 0.15) is 0 Å². The summed E-state index contributed by atoms with van der Waals surface area (Å²) in [6.07, 6.45) is 4.63. The van der Waals surface area contributed by atoms with E-state index in [1.807, 2.05) is 38.8 Å². The van der Waals surface area contributed by atoms with E-state index in [1.165, 1.54) is 12.2 Å². The third kappa shape index (κ3) is 15.6. The summed E-state index contributed by atoms with van der Waals surface area (Å²) in [7, 11) is 8.00. The maximum atomic E-state index is 10.1. The number of quaternary nitrogens is 2. The Labute approximate surface area is 131 Å². The van der Waals surface area contributed by atoms with E-state index in [0.717, 1.165) is 12.2 Å². The van der Waals surface area contributed by atoms with E-state index < -0.39 is 11.9 Å². The maximum Gasteiger partial charge on any atom is 0.0647 e. The van der Waals surface area contributed by atoms with Crippen molar-refractivity contribution in [2.24, 2.45) is 0 Å². The molecule has 0 amide bonds. The Morgan fingerprint density at radius 1 is 0.773 bits per heavy atom. The molecule has 0 unspecified atom stereocenters. The van der Waals surface area contributed by atoms with Crippen LogP contribution < -0.4 is 20.8 Å². The normalized spacial score (nSPS) is 9.64. The standard InChI is InChI=1S/C12H10O4.2C2H7N/c13-11(14)7-5-9-1-2-10(4-3-9)6-8-12(15)16;2*1-3-2/h1-8H,(H,13,14)(H,15,16);2*3H,1-2H3/b7-5+,8-6+;;. The zero-order valence-corrected chi connectivity index (χ0v) is 13.4. The molecule has 4 N–H and O–H groups in total. The van der Waals surface area contributed by atoms with Crippen molar-refractivity contribution < 1.29 is 30.4 Å². The molecule has 0 saturated heterocycles. The van der Waals surface area contributed by atoms with Gasteiger partial charge < -0.3 is 30.4 Å². The summed E-state index contributed by atoms with van der Waals surface area (Å²) in [5.41, 5.74) is 1.38. The second-order valence-corrected chi connectivity index (χ2v) is 4.13. The first-order chi connectivity index (χ1) is 10.4. The Morgan fingerprint density at radius 3 is 1.18 bits per heavy atom. The molecule has 0 bridgehead atoms. The molecule has 0 aliphatic carbocycles. The summed E-state index contributed by atoms with van der Waals surface area (Å²) in [6, 6.07) is 6.64. The van der Waals surface area contributed by atoms with Crippen molar-refractivity contribution in [3.8, 4) is 0 Å². The molecule has 122 valence electrons. The number of carboxylic acid groups (broad SMARTS) is 2. The summed E-state index contributed by atoms with van der Waals surface area (Å²) >= 11 is 0. The number of carbonyl (C=O) groups is 2. The van der Waals surface area contributed by atoms with Crippen molar-refractivity contribution in [1.29, 1.82) is 0 Å². The minimum absolute atomic E-state index is 0.690. The monoisotopic (exact) mass is 308 g/mol. The lowest BCUT2D eigenvalue weighted by Gasteiger charge is -1.97. The highest BCUT2D eigenvalue weighted by Gasteiger charge is 1.88. The van der Waals surface area contributed by atoms with Gasteiger partial charge in [-0.15, -0.1) is 0 Å². The van der Waals surface area contributed by atoms with Crippen LogP contribution in [0.2, 0.25) is 0 Å². The Bertz CT molecular complexity index is 434. The SMILES string of the molecule is C[NH2+]C.C[NH2+]C.O=C([O-])/C=C/c1ccc(/C=C/C(=O)[O-])cc1. The summed E-state index contributed by atoms with van der Waals surface area (Å²) in [5, 5.41) is 24.3. The van der Waals surface area contributed by atoms with E-state index >= 15 is 0 Å². The molecule has 0 aliphatic rings. The Kier molecular flexibility index (Phi) is 14.9. The van der Waals surface area contributed by atoms with Gasteiger partial charge in [0.25, 0.3) is 0 Å². The molecule has 1 aromatic rings. The minimum Gasteiger partial charge on any atom is -0.545 e. The number of rotatable bonds is 4. The lowest BCUT2D eigenvalue weighted by molar-refractivity contribution is -0.597. The second-order valence-electron chi connectivity index (χ2n) is 4.13. The van der Waals surface area contributed by atoms with Gasteiger partial charge in [0, 0.05) is 0 Å². The molecular weight excluding hydrogens is 284 g/mol. The van der Waals surface area contributed by atoms with Crippen molar-refractivity contribution in [3.63, 3.8) is 0 Å². The highest BCUT2D eigenvalue weighted by molar-refractivity contribution is 5.84. The van der Waals surface area contributed by atoms with Gasteiger partial charge in [-0.1, -0.05) is 36.4 Å². The first-order valence-electron chi connectivity index (χ1n) is 6.77. The number of benzene rings is 1. The Hall–Kier alpha value is -2.44. The fourth-order valence-electron chi connectivity index (χ4n) is 1.05. The molecule has 6 nitrogen and oxygen atoms in total. The predicted octanol–water partition coefficient (Wildman–Crippen LogP) is -3.17. The van der Waals surface area contributed by atoms with Crippen molar-refractivity contribution in [1.82, 2.24) is 0 Å². The molecular formula is C16H24N2O4. The van der Waals surface area contributed by atoms with Gasteiger partial charge in [0.15, 0.2) is 0 Å². The quantitative estimate of drug-likeness (QED) is 0.571. The molecule has 0 radical (unpaired) electrons. The molecule has 22 heavy (non-hydrogen) atoms. The average molecular weight is 308 g/mol. The molecule has 0 fully saturated rings. The number of hydrogen-bond donors (Lipinski definition) is 2. The molecule has 0 saturated carbocycles. The van der Waals surface area contributed by atoms with Crippen LogP contribution in [0, 0.1) is 0 Å². The minimum atomic E-state index is -1.26. The molecule has 1 rings (SSSR count). The number of carboxylic acids is 2. The van der Waals surface area contributed by atoms with Crippen LogP contribution in [0.4, 0.5) is 0 Å². The first-order valence-corrected chi connectivity index (χ1v) is 6.77. The van der Waals surface area contributed by atoms with Crippen molar-refractivity contribution in [2.45, 2.75) is 0 Å². The van der Waals surface area contributed by atoms with E-state index in [4.69, 9.17) is 0 Å². The molecule has 0 atom stereocenters. The summed E-state index contributed by atoms with van der Waals surface area (Å²) < 4.78 is 0. The van der Waals surface area contributed by atoms with E-state index in [9.17, 15) is 19.8 Å². The van der Waals surface area contributed by atoms with E-state index in [2.05, 4.69) is 0 Å². The lowest BCUT2D eigenvalue weighted by Crippen LogP contribution is -2.74. The van der Waals surface area contributed by atoms with Gasteiger partial charge in [-0.2, -0.15) is 0 Å². The molecule has 0 aromatic heterocycles. The van der Waals surface area contributed by atoms with Gasteiger partial charge in [-0.3, -0.25) is 0 Å². The smallest absolute Gasteiger partial charge is 0.0647 e. The zero-order valence-electron chi connectivity index (χ0n) is 13.4. The largest absolute Gasteiger partial charge is 0.545 e. The lowest BCUT2D eigenvalue weighted by atomic mass is 10.1. The fraction of sp³-hybridized carbons (Fsp3) is 0.250. The fourth-order valence-corrected chi connectivity index (χ4v) is 1.05. The molecule has 0 spiro atoms. The van der Waals surface area contributed by atoms with Crippen LogP contribution in [-0.4, -0.2) is 40.1 Å². The van der Waals surface area contributed by atoms with Crippen LogP contribution in [-0.2, 0) is 9.59 Å². The first kappa shape index (κ1) is 21.9. The summed E-state index contributed by atoms with van der Waals surface area (Å²) in [4.78, 5) is 20.3. The number of aliphatic carboxylic acids is 2. The predicted molar refractivity (Wildman–Crippen MR) is 82.1 cm³/mol. The Balaban J connectivity index is 0. The van der Waals surface area contributed by atoms with Crippen LogP contribution in [0.15, 0.2) is 36.4 Å². The third-order valence-corrected chi connectivity index (χ3v) is 1.76. The van der Waals surface area contributed by atoms with E-state index in [-0.39, 0.29) is 0 Å². The Morgan fingerprint density at radius 2 is 1.00 bits per heavy atom. The highest BCUT2D eigenvalue weighted by Crippen LogP contribution is 2.07. The van der Waals surface area contributed by atoms with Crippen LogP contribution in [0.25, 0.3) is 12.2 Å². The summed E-state index contributed by atoms with van der Waals surface area (Å²) in [6.45, 7) is 0. The maximum absolute atomic E-state index is 10.1. The van der Waals surface area contributed by atoms with Gasteiger partial charge >= 0.3 is 0 Å². The van der Waals surface area contributed by atoms with Crippen molar-refractivity contribution in [2.75, 3.05) is 28.2 Å². The summed E-state index contributed by atoms with van der Waals surface area (Å²) in [5.74, 6) is -2.53. The number of nitrogens with two attached hydrogens (primary N) is 2. The molecule has 0 heterocycles. The second kappa shape index (κ2) is 15.0. The molecule has 0 aliphatic heterocycles.